The van der Waals surface area contributed by atoms with Crippen LogP contribution in [0.15, 0.2) is 53.5 Å². The summed E-state index contributed by atoms with van der Waals surface area (Å²) < 4.78 is 5.52. The van der Waals surface area contributed by atoms with Gasteiger partial charge in [-0.3, -0.25) is 9.89 Å². The van der Waals surface area contributed by atoms with Crippen molar-refractivity contribution in [3.63, 3.8) is 0 Å². The molecule has 0 amide bonds. The molecule has 0 bridgehead atoms. The molecule has 1 heterocycles. The fraction of sp³-hybridized carbons (Fsp3) is 0.480. The van der Waals surface area contributed by atoms with E-state index in [2.05, 4.69) is 75.7 Å². The highest BCUT2D eigenvalue weighted by atomic mass is 127. The van der Waals surface area contributed by atoms with Crippen LogP contribution in [0.3, 0.4) is 0 Å². The molecule has 0 aliphatic carbocycles. The van der Waals surface area contributed by atoms with Crippen LogP contribution in [0.1, 0.15) is 31.4 Å². The lowest BCUT2D eigenvalue weighted by Crippen LogP contribution is -2.44. The Balaban J connectivity index is 0.00000363. The SMILES string of the molecule is CCN(CC)Cc1ccc(CNC(=NC)NC2CCN(c3ccccc3OC)C2)cc1.I. The van der Waals surface area contributed by atoms with Gasteiger partial charge >= 0.3 is 0 Å². The van der Waals surface area contributed by atoms with Gasteiger partial charge in [0.25, 0.3) is 0 Å². The minimum atomic E-state index is 0. The van der Waals surface area contributed by atoms with E-state index in [1.807, 2.05) is 19.2 Å². The van der Waals surface area contributed by atoms with Crippen molar-refractivity contribution in [1.29, 1.82) is 0 Å². The second-order valence-corrected chi connectivity index (χ2v) is 7.95. The molecule has 2 aromatic rings. The number of methoxy groups -OCH3 is 1. The van der Waals surface area contributed by atoms with Gasteiger partial charge in [0.15, 0.2) is 5.96 Å². The Labute approximate surface area is 210 Å². The third-order valence-electron chi connectivity index (χ3n) is 5.96. The Kier molecular flexibility index (Phi) is 11.1. The zero-order valence-corrected chi connectivity index (χ0v) is 22.1. The van der Waals surface area contributed by atoms with Crippen LogP contribution in [-0.2, 0) is 13.1 Å². The molecule has 32 heavy (non-hydrogen) atoms. The molecule has 1 aliphatic rings. The first-order chi connectivity index (χ1) is 15.2. The summed E-state index contributed by atoms with van der Waals surface area (Å²) in [5.41, 5.74) is 3.77. The first kappa shape index (κ1) is 26.3. The van der Waals surface area contributed by atoms with Crippen LogP contribution in [0.4, 0.5) is 5.69 Å². The summed E-state index contributed by atoms with van der Waals surface area (Å²) >= 11 is 0. The van der Waals surface area contributed by atoms with Gasteiger partial charge < -0.3 is 20.3 Å². The van der Waals surface area contributed by atoms with Gasteiger partial charge in [0, 0.05) is 39.3 Å². The van der Waals surface area contributed by atoms with Crippen LogP contribution in [0.25, 0.3) is 0 Å². The monoisotopic (exact) mass is 551 g/mol. The van der Waals surface area contributed by atoms with Crippen molar-refractivity contribution in [1.82, 2.24) is 15.5 Å². The van der Waals surface area contributed by atoms with Gasteiger partial charge in [-0.15, -0.1) is 24.0 Å². The van der Waals surface area contributed by atoms with Crippen molar-refractivity contribution >= 4 is 35.6 Å². The highest BCUT2D eigenvalue weighted by Gasteiger charge is 2.25. The first-order valence-corrected chi connectivity index (χ1v) is 11.3. The van der Waals surface area contributed by atoms with Crippen molar-refractivity contribution in [2.75, 3.05) is 45.2 Å². The lowest BCUT2D eigenvalue weighted by atomic mass is 10.1. The Morgan fingerprint density at radius 1 is 1.09 bits per heavy atom. The maximum Gasteiger partial charge on any atom is 0.191 e. The molecule has 2 N–H and O–H groups in total. The van der Waals surface area contributed by atoms with E-state index in [4.69, 9.17) is 4.74 Å². The number of benzene rings is 2. The van der Waals surface area contributed by atoms with E-state index in [0.29, 0.717) is 6.04 Å². The molecule has 0 aromatic heterocycles. The van der Waals surface area contributed by atoms with Crippen LogP contribution in [0.5, 0.6) is 5.75 Å². The van der Waals surface area contributed by atoms with Gasteiger partial charge in [0.1, 0.15) is 5.75 Å². The zero-order chi connectivity index (χ0) is 22.1. The van der Waals surface area contributed by atoms with Crippen LogP contribution >= 0.6 is 24.0 Å². The van der Waals surface area contributed by atoms with Gasteiger partial charge in [-0.1, -0.05) is 50.2 Å². The second kappa shape index (κ2) is 13.5. The Morgan fingerprint density at radius 3 is 2.44 bits per heavy atom. The Hall–Kier alpha value is -2.00. The molecular formula is C25H38IN5O. The van der Waals surface area contributed by atoms with Gasteiger partial charge in [0.2, 0.25) is 0 Å². The molecule has 3 rings (SSSR count). The maximum atomic E-state index is 5.52. The van der Waals surface area contributed by atoms with E-state index in [1.165, 1.54) is 11.1 Å². The summed E-state index contributed by atoms with van der Waals surface area (Å²) in [5.74, 6) is 1.77. The predicted octanol–water partition coefficient (Wildman–Crippen LogP) is 4.10. The number of rotatable bonds is 9. The van der Waals surface area contributed by atoms with Crippen molar-refractivity contribution in [3.05, 3.63) is 59.7 Å². The number of para-hydroxylation sites is 2. The third kappa shape index (κ3) is 7.27. The van der Waals surface area contributed by atoms with Crippen molar-refractivity contribution in [2.45, 2.75) is 39.4 Å². The summed E-state index contributed by atoms with van der Waals surface area (Å²) in [6.45, 7) is 10.3. The minimum absolute atomic E-state index is 0. The third-order valence-corrected chi connectivity index (χ3v) is 5.96. The summed E-state index contributed by atoms with van der Waals surface area (Å²) in [7, 11) is 3.56. The van der Waals surface area contributed by atoms with Gasteiger partial charge in [0.05, 0.1) is 12.8 Å². The molecule has 176 valence electrons. The van der Waals surface area contributed by atoms with Crippen molar-refractivity contribution in [3.8, 4) is 5.75 Å². The smallest absolute Gasteiger partial charge is 0.191 e. The quantitative estimate of drug-likeness (QED) is 0.279. The lowest BCUT2D eigenvalue weighted by Gasteiger charge is -2.22. The van der Waals surface area contributed by atoms with E-state index in [-0.39, 0.29) is 24.0 Å². The van der Waals surface area contributed by atoms with E-state index in [9.17, 15) is 0 Å². The number of hydrogen-bond donors (Lipinski definition) is 2. The van der Waals surface area contributed by atoms with Crippen LogP contribution in [-0.4, -0.2) is 57.2 Å². The van der Waals surface area contributed by atoms with Crippen LogP contribution in [0.2, 0.25) is 0 Å². The zero-order valence-electron chi connectivity index (χ0n) is 19.8. The average Bonchev–Trinajstić information content (AvgIpc) is 3.29. The fourth-order valence-electron chi connectivity index (χ4n) is 4.03. The minimum Gasteiger partial charge on any atom is -0.495 e. The van der Waals surface area contributed by atoms with E-state index < -0.39 is 0 Å². The highest BCUT2D eigenvalue weighted by molar-refractivity contribution is 14.0. The average molecular weight is 552 g/mol. The number of halogens is 1. The molecular weight excluding hydrogens is 513 g/mol. The highest BCUT2D eigenvalue weighted by Crippen LogP contribution is 2.30. The molecule has 1 atom stereocenters. The number of nitrogens with zero attached hydrogens (tertiary/aromatic N) is 3. The Morgan fingerprint density at radius 2 is 1.78 bits per heavy atom. The number of guanidine groups is 1. The molecule has 0 spiro atoms. The van der Waals surface area contributed by atoms with Gasteiger partial charge in [-0.05, 0) is 42.8 Å². The Bertz CT molecular complexity index is 838. The molecule has 1 fully saturated rings. The largest absolute Gasteiger partial charge is 0.495 e. The predicted molar refractivity (Wildman–Crippen MR) is 145 cm³/mol. The number of ether oxygens (including phenoxy) is 1. The van der Waals surface area contributed by atoms with Crippen LogP contribution < -0.4 is 20.3 Å². The fourth-order valence-corrected chi connectivity index (χ4v) is 4.03. The molecule has 1 saturated heterocycles. The standard InChI is InChI=1S/C25H37N5O.HI/c1-5-29(6-2)18-21-13-11-20(12-14-21)17-27-25(26-3)28-22-15-16-30(19-22)23-9-7-8-10-24(23)31-4;/h7-14,22H,5-6,15-19H2,1-4H3,(H2,26,27,28);1H. The number of anilines is 1. The molecule has 2 aromatic carbocycles. The topological polar surface area (TPSA) is 52.1 Å². The molecule has 1 aliphatic heterocycles. The summed E-state index contributed by atoms with van der Waals surface area (Å²) in [6.07, 6.45) is 1.07. The van der Waals surface area contributed by atoms with E-state index in [1.54, 1.807) is 7.11 Å². The summed E-state index contributed by atoms with van der Waals surface area (Å²) in [6, 6.07) is 17.4. The summed E-state index contributed by atoms with van der Waals surface area (Å²) in [4.78, 5) is 9.22. The maximum absolute atomic E-state index is 5.52. The van der Waals surface area contributed by atoms with E-state index in [0.717, 1.165) is 63.1 Å². The first-order valence-electron chi connectivity index (χ1n) is 11.3. The molecule has 1 unspecified atom stereocenters. The van der Waals surface area contributed by atoms with Crippen LogP contribution in [0, 0.1) is 0 Å². The van der Waals surface area contributed by atoms with Gasteiger partial charge in [-0.2, -0.15) is 0 Å². The molecule has 0 radical (unpaired) electrons. The summed E-state index contributed by atoms with van der Waals surface area (Å²) in [5, 5.41) is 7.03. The normalized spacial score (nSPS) is 16.1. The van der Waals surface area contributed by atoms with Crippen molar-refractivity contribution in [2.24, 2.45) is 4.99 Å². The lowest BCUT2D eigenvalue weighted by molar-refractivity contribution is 0.296. The number of nitrogens with one attached hydrogen (secondary N) is 2. The van der Waals surface area contributed by atoms with Crippen molar-refractivity contribution < 1.29 is 4.74 Å². The van der Waals surface area contributed by atoms with Gasteiger partial charge in [-0.25, -0.2) is 0 Å². The second-order valence-electron chi connectivity index (χ2n) is 7.95. The number of hydrogen-bond acceptors (Lipinski definition) is 4. The van der Waals surface area contributed by atoms with E-state index >= 15 is 0 Å². The molecule has 0 saturated carbocycles. The molecule has 6 nitrogen and oxygen atoms in total. The molecule has 7 heteroatoms. The number of aliphatic imine (C=N–C) groups is 1.